The number of hydrogen-bond donors (Lipinski definition) is 3. The highest BCUT2D eigenvalue weighted by molar-refractivity contribution is 5.90. The van der Waals surface area contributed by atoms with Crippen LogP contribution in [-0.4, -0.2) is 29.2 Å². The van der Waals surface area contributed by atoms with Gasteiger partial charge in [-0.2, -0.15) is 13.2 Å². The van der Waals surface area contributed by atoms with Gasteiger partial charge in [0.05, 0.1) is 12.5 Å². The van der Waals surface area contributed by atoms with Crippen LogP contribution in [-0.2, 0) is 4.79 Å². The molecule has 1 rings (SSSR count). The first kappa shape index (κ1) is 13.6. The lowest BCUT2D eigenvalue weighted by Crippen LogP contribution is -2.46. The Kier molecular flexibility index (Phi) is 4.19. The number of alkyl halides is 3. The lowest BCUT2D eigenvalue weighted by molar-refractivity contribution is -0.144. The van der Waals surface area contributed by atoms with Crippen molar-refractivity contribution in [2.75, 3.05) is 0 Å². The summed E-state index contributed by atoms with van der Waals surface area (Å²) >= 11 is 0. The van der Waals surface area contributed by atoms with Gasteiger partial charge in [-0.1, -0.05) is 5.16 Å². The van der Waals surface area contributed by atoms with Crippen LogP contribution in [0, 0.1) is 5.92 Å². The third-order valence-electron chi connectivity index (χ3n) is 2.48. The minimum Gasteiger partial charge on any atom is -0.409 e. The average Bonchev–Trinajstić information content (AvgIpc) is 3.04. The lowest BCUT2D eigenvalue weighted by atomic mass is 10.1. The molecule has 0 saturated heterocycles. The van der Waals surface area contributed by atoms with E-state index in [1.807, 2.05) is 0 Å². The Morgan fingerprint density at radius 1 is 1.53 bits per heavy atom. The number of nitrogens with two attached hydrogens (primary N) is 1. The zero-order valence-electron chi connectivity index (χ0n) is 9.00. The molecule has 5 nitrogen and oxygen atoms in total. The molecule has 0 spiro atoms. The zero-order valence-corrected chi connectivity index (χ0v) is 9.00. The quantitative estimate of drug-likeness (QED) is 0.295. The maximum absolute atomic E-state index is 11.9. The Labute approximate surface area is 95.8 Å². The molecule has 1 aliphatic rings. The fourth-order valence-corrected chi connectivity index (χ4v) is 1.43. The van der Waals surface area contributed by atoms with Crippen LogP contribution in [0.1, 0.15) is 25.7 Å². The van der Waals surface area contributed by atoms with Gasteiger partial charge in [-0.3, -0.25) is 4.79 Å². The van der Waals surface area contributed by atoms with Crippen molar-refractivity contribution in [1.29, 1.82) is 0 Å². The van der Waals surface area contributed by atoms with Crippen LogP contribution in [0.15, 0.2) is 5.16 Å². The van der Waals surface area contributed by atoms with Crippen LogP contribution in [0.3, 0.4) is 0 Å². The molecule has 8 heteroatoms. The number of nitrogens with zero attached hydrogens (tertiary/aromatic N) is 1. The molecule has 0 aromatic carbocycles. The summed E-state index contributed by atoms with van der Waals surface area (Å²) in [4.78, 5) is 11.2. The van der Waals surface area contributed by atoms with Crippen molar-refractivity contribution in [2.24, 2.45) is 16.8 Å². The van der Waals surface area contributed by atoms with Crippen molar-refractivity contribution in [3.05, 3.63) is 0 Å². The standard InChI is InChI=1S/C9H14F3N3O2/c10-9(11,12)4-3-6(16)14-7(5-1-2-5)8(13)15-17/h5,7,17H,1-4H2,(H2,13,15)(H,14,16). The fraction of sp³-hybridized carbons (Fsp3) is 0.778. The molecule has 17 heavy (non-hydrogen) atoms. The highest BCUT2D eigenvalue weighted by Crippen LogP contribution is 2.32. The molecule has 0 heterocycles. The molecule has 0 aromatic heterocycles. The second-order valence-electron chi connectivity index (χ2n) is 4.02. The van der Waals surface area contributed by atoms with Gasteiger partial charge < -0.3 is 16.3 Å². The van der Waals surface area contributed by atoms with Crippen LogP contribution in [0.2, 0.25) is 0 Å². The van der Waals surface area contributed by atoms with E-state index < -0.39 is 31.0 Å². The minimum absolute atomic E-state index is 0.0562. The van der Waals surface area contributed by atoms with Crippen molar-refractivity contribution in [1.82, 2.24) is 5.32 Å². The van der Waals surface area contributed by atoms with Gasteiger partial charge in [-0.25, -0.2) is 0 Å². The topological polar surface area (TPSA) is 87.7 Å². The summed E-state index contributed by atoms with van der Waals surface area (Å²) in [6.07, 6.45) is -4.57. The molecule has 1 unspecified atom stereocenters. The smallest absolute Gasteiger partial charge is 0.389 e. The minimum atomic E-state index is -4.36. The predicted molar refractivity (Wildman–Crippen MR) is 53.4 cm³/mol. The summed E-state index contributed by atoms with van der Waals surface area (Å²) < 4.78 is 35.6. The van der Waals surface area contributed by atoms with Crippen molar-refractivity contribution in [2.45, 2.75) is 37.9 Å². The van der Waals surface area contributed by atoms with E-state index in [0.29, 0.717) is 0 Å². The van der Waals surface area contributed by atoms with Gasteiger partial charge in [0.2, 0.25) is 5.91 Å². The van der Waals surface area contributed by atoms with Crippen LogP contribution in [0.5, 0.6) is 0 Å². The van der Waals surface area contributed by atoms with E-state index in [9.17, 15) is 18.0 Å². The van der Waals surface area contributed by atoms with Gasteiger partial charge in [0.15, 0.2) is 5.84 Å². The van der Waals surface area contributed by atoms with E-state index in [-0.39, 0.29) is 11.8 Å². The van der Waals surface area contributed by atoms with E-state index in [0.717, 1.165) is 12.8 Å². The molecule has 0 bridgehead atoms. The number of rotatable bonds is 5. The first-order valence-corrected chi connectivity index (χ1v) is 5.17. The first-order valence-electron chi connectivity index (χ1n) is 5.17. The molecule has 1 amide bonds. The molecular formula is C9H14F3N3O2. The molecule has 98 valence electrons. The Morgan fingerprint density at radius 2 is 2.12 bits per heavy atom. The van der Waals surface area contributed by atoms with Crippen molar-refractivity contribution in [3.8, 4) is 0 Å². The second kappa shape index (κ2) is 5.24. The van der Waals surface area contributed by atoms with E-state index in [1.54, 1.807) is 0 Å². The average molecular weight is 253 g/mol. The molecule has 1 saturated carbocycles. The number of amidine groups is 1. The van der Waals surface area contributed by atoms with Crippen molar-refractivity contribution < 1.29 is 23.2 Å². The number of nitrogens with one attached hydrogen (secondary N) is 1. The molecule has 0 aromatic rings. The van der Waals surface area contributed by atoms with E-state index >= 15 is 0 Å². The van der Waals surface area contributed by atoms with Gasteiger partial charge in [-0.15, -0.1) is 0 Å². The van der Waals surface area contributed by atoms with Gasteiger partial charge >= 0.3 is 6.18 Å². The van der Waals surface area contributed by atoms with E-state index in [2.05, 4.69) is 10.5 Å². The largest absolute Gasteiger partial charge is 0.409 e. The number of hydrogen-bond acceptors (Lipinski definition) is 3. The number of oxime groups is 1. The Bertz CT molecular complexity index is 313. The van der Waals surface area contributed by atoms with Gasteiger partial charge in [0.1, 0.15) is 0 Å². The van der Waals surface area contributed by atoms with E-state index in [4.69, 9.17) is 10.9 Å². The number of halogens is 3. The Balaban J connectivity index is 2.42. The molecular weight excluding hydrogens is 239 g/mol. The summed E-state index contributed by atoms with van der Waals surface area (Å²) in [6.45, 7) is 0. The van der Waals surface area contributed by atoms with Gasteiger partial charge in [0.25, 0.3) is 0 Å². The highest BCUT2D eigenvalue weighted by atomic mass is 19.4. The predicted octanol–water partition coefficient (Wildman–Crippen LogP) is 0.970. The highest BCUT2D eigenvalue weighted by Gasteiger charge is 2.36. The summed E-state index contributed by atoms with van der Waals surface area (Å²) in [7, 11) is 0. The van der Waals surface area contributed by atoms with E-state index in [1.165, 1.54) is 0 Å². The molecule has 0 aliphatic heterocycles. The maximum Gasteiger partial charge on any atom is 0.389 e. The first-order chi connectivity index (χ1) is 7.83. The SMILES string of the molecule is N/C(=N\O)C(NC(=O)CCC(F)(F)F)C1CC1. The molecule has 1 aliphatic carbocycles. The van der Waals surface area contributed by atoms with Crippen molar-refractivity contribution in [3.63, 3.8) is 0 Å². The normalized spacial score (nSPS) is 18.9. The van der Waals surface area contributed by atoms with Crippen LogP contribution >= 0.6 is 0 Å². The fourth-order valence-electron chi connectivity index (χ4n) is 1.43. The molecule has 0 radical (unpaired) electrons. The number of carbonyl (C=O) groups is 1. The maximum atomic E-state index is 11.9. The van der Waals surface area contributed by atoms with Gasteiger partial charge in [0, 0.05) is 6.42 Å². The monoisotopic (exact) mass is 253 g/mol. The second-order valence-corrected chi connectivity index (χ2v) is 4.02. The number of amides is 1. The summed E-state index contributed by atoms with van der Waals surface area (Å²) in [6, 6.07) is -0.666. The molecule has 1 atom stereocenters. The Hall–Kier alpha value is -1.47. The summed E-state index contributed by atoms with van der Waals surface area (Å²) in [5.74, 6) is -0.862. The summed E-state index contributed by atoms with van der Waals surface area (Å²) in [5, 5.41) is 13.6. The third kappa shape index (κ3) is 4.92. The molecule has 1 fully saturated rings. The summed E-state index contributed by atoms with van der Waals surface area (Å²) in [5.41, 5.74) is 5.35. The molecule has 4 N–H and O–H groups in total. The zero-order chi connectivity index (χ0) is 13.1. The lowest BCUT2D eigenvalue weighted by Gasteiger charge is -2.16. The van der Waals surface area contributed by atoms with Crippen LogP contribution in [0.4, 0.5) is 13.2 Å². The van der Waals surface area contributed by atoms with Crippen LogP contribution in [0.25, 0.3) is 0 Å². The van der Waals surface area contributed by atoms with Crippen molar-refractivity contribution >= 4 is 11.7 Å². The Morgan fingerprint density at radius 3 is 2.53 bits per heavy atom. The van der Waals surface area contributed by atoms with Gasteiger partial charge in [-0.05, 0) is 18.8 Å². The third-order valence-corrected chi connectivity index (χ3v) is 2.48. The van der Waals surface area contributed by atoms with Crippen LogP contribution < -0.4 is 11.1 Å². The number of carbonyl (C=O) groups excluding carboxylic acids is 1.